The topological polar surface area (TPSA) is 67.6 Å². The number of hydrogen-bond acceptors (Lipinski definition) is 3. The zero-order valence-corrected chi connectivity index (χ0v) is 11.1. The van der Waals surface area contributed by atoms with Gasteiger partial charge in [-0.15, -0.1) is 0 Å². The van der Waals surface area contributed by atoms with Crippen molar-refractivity contribution in [3.8, 4) is 0 Å². The van der Waals surface area contributed by atoms with Gasteiger partial charge in [0.25, 0.3) is 0 Å². The highest BCUT2D eigenvalue weighted by atomic mass is 15.2. The van der Waals surface area contributed by atoms with Crippen molar-refractivity contribution < 1.29 is 0 Å². The molecule has 0 radical (unpaired) electrons. The van der Waals surface area contributed by atoms with Gasteiger partial charge < -0.3 is 5.73 Å². The Bertz CT molecular complexity index is 496. The minimum absolute atomic E-state index is 0.0543. The van der Waals surface area contributed by atoms with Crippen LogP contribution in [0.25, 0.3) is 0 Å². The molecule has 2 rings (SSSR count). The Morgan fingerprint density at radius 3 is 2.44 bits per heavy atom. The Hall–Kier alpha value is -1.68. The number of H-pyrrole nitrogens is 1. The number of aromatic amines is 1. The lowest BCUT2D eigenvalue weighted by atomic mass is 9.96. The van der Waals surface area contributed by atoms with Crippen molar-refractivity contribution in [2.45, 2.75) is 38.6 Å². The van der Waals surface area contributed by atoms with E-state index in [2.05, 4.69) is 48.1 Å². The maximum absolute atomic E-state index is 6.15. The van der Waals surface area contributed by atoms with Gasteiger partial charge >= 0.3 is 0 Å². The minimum atomic E-state index is -0.143. The monoisotopic (exact) mass is 244 g/mol. The first-order valence-corrected chi connectivity index (χ1v) is 6.19. The molecule has 0 aliphatic heterocycles. The zero-order valence-electron chi connectivity index (χ0n) is 11.1. The van der Waals surface area contributed by atoms with E-state index < -0.39 is 0 Å². The predicted molar refractivity (Wildman–Crippen MR) is 72.2 cm³/mol. The second-order valence-corrected chi connectivity index (χ2v) is 5.59. The Kier molecular flexibility index (Phi) is 3.48. The summed E-state index contributed by atoms with van der Waals surface area (Å²) in [5.41, 5.74) is 7.30. The molecular formula is C14H20N4. The summed E-state index contributed by atoms with van der Waals surface area (Å²) in [5, 5.41) is 7.18. The first kappa shape index (κ1) is 12.8. The molecule has 1 heterocycles. The summed E-state index contributed by atoms with van der Waals surface area (Å²) in [6.45, 7) is 6.26. The third-order valence-electron chi connectivity index (χ3n) is 2.82. The molecule has 1 atom stereocenters. The van der Waals surface area contributed by atoms with E-state index in [1.807, 2.05) is 18.2 Å². The number of hydrogen-bond donors (Lipinski definition) is 2. The highest BCUT2D eigenvalue weighted by Crippen LogP contribution is 2.19. The van der Waals surface area contributed by atoms with Crippen molar-refractivity contribution in [1.29, 1.82) is 0 Å². The largest absolute Gasteiger partial charge is 0.321 e. The van der Waals surface area contributed by atoms with Crippen LogP contribution in [0.3, 0.4) is 0 Å². The second-order valence-electron chi connectivity index (χ2n) is 5.59. The summed E-state index contributed by atoms with van der Waals surface area (Å²) in [7, 11) is 0. The summed E-state index contributed by atoms with van der Waals surface area (Å²) in [6, 6.07) is 10.0. The lowest BCUT2D eigenvalue weighted by Crippen LogP contribution is -2.16. The molecular weight excluding hydrogens is 224 g/mol. The molecule has 0 saturated heterocycles. The standard InChI is InChI=1S/C14H20N4/c1-14(2,3)13-16-12(17-18-13)11(15)9-10-7-5-4-6-8-10/h4-8,11H,9,15H2,1-3H3,(H,16,17,18). The molecule has 2 aromatic rings. The number of nitrogens with one attached hydrogen (secondary N) is 1. The van der Waals surface area contributed by atoms with Crippen molar-refractivity contribution in [2.24, 2.45) is 5.73 Å². The number of rotatable bonds is 3. The van der Waals surface area contributed by atoms with Crippen LogP contribution < -0.4 is 5.73 Å². The van der Waals surface area contributed by atoms with E-state index in [0.717, 1.165) is 18.1 Å². The number of benzene rings is 1. The molecule has 0 amide bonds. The van der Waals surface area contributed by atoms with Crippen LogP contribution in [0.2, 0.25) is 0 Å². The van der Waals surface area contributed by atoms with E-state index in [-0.39, 0.29) is 11.5 Å². The van der Waals surface area contributed by atoms with Gasteiger partial charge in [0, 0.05) is 5.41 Å². The molecule has 18 heavy (non-hydrogen) atoms. The summed E-state index contributed by atoms with van der Waals surface area (Å²) in [5.74, 6) is 1.56. The zero-order chi connectivity index (χ0) is 13.2. The van der Waals surface area contributed by atoms with Crippen molar-refractivity contribution in [3.05, 3.63) is 47.5 Å². The van der Waals surface area contributed by atoms with Crippen LogP contribution in [0, 0.1) is 0 Å². The van der Waals surface area contributed by atoms with Gasteiger partial charge in [0.05, 0.1) is 6.04 Å². The average molecular weight is 244 g/mol. The molecule has 0 aliphatic rings. The molecule has 0 fully saturated rings. The van der Waals surface area contributed by atoms with Crippen molar-refractivity contribution in [2.75, 3.05) is 0 Å². The fourth-order valence-electron chi connectivity index (χ4n) is 1.74. The highest BCUT2D eigenvalue weighted by molar-refractivity contribution is 5.17. The van der Waals surface area contributed by atoms with Gasteiger partial charge in [-0.25, -0.2) is 4.98 Å². The fourth-order valence-corrected chi connectivity index (χ4v) is 1.74. The van der Waals surface area contributed by atoms with E-state index in [0.29, 0.717) is 0 Å². The molecule has 0 saturated carbocycles. The molecule has 96 valence electrons. The second kappa shape index (κ2) is 4.90. The van der Waals surface area contributed by atoms with E-state index in [9.17, 15) is 0 Å². The van der Waals surface area contributed by atoms with Crippen LogP contribution >= 0.6 is 0 Å². The van der Waals surface area contributed by atoms with Gasteiger partial charge in [-0.2, -0.15) is 5.10 Å². The van der Waals surface area contributed by atoms with Gasteiger partial charge in [0.1, 0.15) is 5.82 Å². The van der Waals surface area contributed by atoms with Crippen LogP contribution in [-0.4, -0.2) is 15.2 Å². The van der Waals surface area contributed by atoms with E-state index >= 15 is 0 Å². The van der Waals surface area contributed by atoms with Gasteiger partial charge in [-0.3, -0.25) is 5.10 Å². The first-order chi connectivity index (χ1) is 8.47. The maximum Gasteiger partial charge on any atom is 0.156 e. The van der Waals surface area contributed by atoms with Crippen LogP contribution in [-0.2, 0) is 11.8 Å². The number of nitrogens with zero attached hydrogens (tertiary/aromatic N) is 2. The minimum Gasteiger partial charge on any atom is -0.321 e. The SMILES string of the molecule is CC(C)(C)c1n[nH]c(C(N)Cc2ccccc2)n1. The van der Waals surface area contributed by atoms with Crippen LogP contribution in [0.15, 0.2) is 30.3 Å². The molecule has 1 aromatic carbocycles. The lowest BCUT2D eigenvalue weighted by molar-refractivity contribution is 0.546. The maximum atomic E-state index is 6.15. The summed E-state index contributed by atoms with van der Waals surface area (Å²) < 4.78 is 0. The predicted octanol–water partition coefficient (Wildman–Crippen LogP) is 2.34. The van der Waals surface area contributed by atoms with Gasteiger partial charge in [-0.1, -0.05) is 51.1 Å². The van der Waals surface area contributed by atoms with Crippen LogP contribution in [0.5, 0.6) is 0 Å². The number of nitrogens with two attached hydrogens (primary N) is 1. The number of aromatic nitrogens is 3. The molecule has 0 aliphatic carbocycles. The van der Waals surface area contributed by atoms with Gasteiger partial charge in [-0.05, 0) is 12.0 Å². The fraction of sp³-hybridized carbons (Fsp3) is 0.429. The molecule has 4 nitrogen and oxygen atoms in total. The van der Waals surface area contributed by atoms with E-state index in [4.69, 9.17) is 5.73 Å². The molecule has 1 unspecified atom stereocenters. The Balaban J connectivity index is 2.10. The lowest BCUT2D eigenvalue weighted by Gasteiger charge is -2.12. The molecule has 3 N–H and O–H groups in total. The third-order valence-corrected chi connectivity index (χ3v) is 2.82. The molecule has 0 spiro atoms. The molecule has 1 aromatic heterocycles. The quantitative estimate of drug-likeness (QED) is 0.870. The Morgan fingerprint density at radius 2 is 1.89 bits per heavy atom. The van der Waals surface area contributed by atoms with E-state index in [1.54, 1.807) is 0 Å². The van der Waals surface area contributed by atoms with Crippen LogP contribution in [0.1, 0.15) is 44.0 Å². The van der Waals surface area contributed by atoms with Crippen molar-refractivity contribution in [1.82, 2.24) is 15.2 Å². The Labute approximate surface area is 108 Å². The molecule has 0 bridgehead atoms. The first-order valence-electron chi connectivity index (χ1n) is 6.19. The van der Waals surface area contributed by atoms with Crippen molar-refractivity contribution >= 4 is 0 Å². The smallest absolute Gasteiger partial charge is 0.156 e. The summed E-state index contributed by atoms with van der Waals surface area (Å²) in [4.78, 5) is 4.49. The van der Waals surface area contributed by atoms with Gasteiger partial charge in [0.2, 0.25) is 0 Å². The normalized spacial score (nSPS) is 13.6. The highest BCUT2D eigenvalue weighted by Gasteiger charge is 2.21. The van der Waals surface area contributed by atoms with E-state index in [1.165, 1.54) is 5.56 Å². The Morgan fingerprint density at radius 1 is 1.22 bits per heavy atom. The third kappa shape index (κ3) is 2.96. The summed E-state index contributed by atoms with van der Waals surface area (Å²) in [6.07, 6.45) is 0.764. The van der Waals surface area contributed by atoms with Crippen LogP contribution in [0.4, 0.5) is 0 Å². The summed E-state index contributed by atoms with van der Waals surface area (Å²) >= 11 is 0. The van der Waals surface area contributed by atoms with Crippen molar-refractivity contribution in [3.63, 3.8) is 0 Å². The van der Waals surface area contributed by atoms with Gasteiger partial charge in [0.15, 0.2) is 5.82 Å². The average Bonchev–Trinajstić information content (AvgIpc) is 2.79. The molecule has 4 heteroatoms.